The van der Waals surface area contributed by atoms with Crippen molar-refractivity contribution in [3.8, 4) is 11.5 Å². The number of para-hydroxylation sites is 1. The number of carbonyl (C=O) groups is 2. The zero-order valence-electron chi connectivity index (χ0n) is 17.4. The van der Waals surface area contributed by atoms with Crippen LogP contribution < -0.4 is 19.7 Å². The highest BCUT2D eigenvalue weighted by Crippen LogP contribution is 2.38. The molecule has 1 atom stereocenters. The second-order valence-corrected chi connectivity index (χ2v) is 7.12. The fourth-order valence-corrected chi connectivity index (χ4v) is 3.79. The van der Waals surface area contributed by atoms with Crippen LogP contribution in [0.15, 0.2) is 66.9 Å². The standard InChI is InChI=1S/C24H23N3O4/c1-30-18-10-11-21(31-2)16(13-18)15-26-22(28)14-20-23-19(9-6-12-25-23)24(29)27(20)17-7-4-3-5-8-17/h3-13,20H,14-15H2,1-2H3,(H,26,28)/t20-/m1/s1. The molecule has 0 saturated heterocycles. The van der Waals surface area contributed by atoms with Crippen LogP contribution >= 0.6 is 0 Å². The summed E-state index contributed by atoms with van der Waals surface area (Å²) in [5.41, 5.74) is 2.68. The summed E-state index contributed by atoms with van der Waals surface area (Å²) in [6.07, 6.45) is 1.74. The molecule has 1 aliphatic heterocycles. The Morgan fingerprint density at radius 3 is 2.61 bits per heavy atom. The Hall–Kier alpha value is -3.87. The molecule has 2 amide bonds. The Morgan fingerprint density at radius 1 is 1.06 bits per heavy atom. The average Bonchev–Trinajstić information content (AvgIpc) is 3.09. The summed E-state index contributed by atoms with van der Waals surface area (Å²) < 4.78 is 10.6. The van der Waals surface area contributed by atoms with Gasteiger partial charge in [0.1, 0.15) is 11.5 Å². The van der Waals surface area contributed by atoms with E-state index >= 15 is 0 Å². The van der Waals surface area contributed by atoms with Crippen molar-refractivity contribution in [1.82, 2.24) is 10.3 Å². The molecular weight excluding hydrogens is 394 g/mol. The van der Waals surface area contributed by atoms with Crippen LogP contribution in [0.4, 0.5) is 5.69 Å². The number of nitrogens with one attached hydrogen (secondary N) is 1. The molecule has 1 N–H and O–H groups in total. The molecule has 0 bridgehead atoms. The lowest BCUT2D eigenvalue weighted by atomic mass is 10.1. The Labute approximate surface area is 180 Å². The maximum atomic E-state index is 13.0. The van der Waals surface area contributed by atoms with Crippen LogP contribution in [-0.2, 0) is 11.3 Å². The minimum Gasteiger partial charge on any atom is -0.497 e. The van der Waals surface area contributed by atoms with Gasteiger partial charge in [-0.2, -0.15) is 0 Å². The lowest BCUT2D eigenvalue weighted by molar-refractivity contribution is -0.121. The predicted molar refractivity (Wildman–Crippen MR) is 116 cm³/mol. The highest BCUT2D eigenvalue weighted by Gasteiger charge is 2.39. The Morgan fingerprint density at radius 2 is 1.87 bits per heavy atom. The Balaban J connectivity index is 1.54. The minimum absolute atomic E-state index is 0.0942. The van der Waals surface area contributed by atoms with Gasteiger partial charge in [0.05, 0.1) is 37.9 Å². The van der Waals surface area contributed by atoms with Gasteiger partial charge < -0.3 is 14.8 Å². The van der Waals surface area contributed by atoms with E-state index in [2.05, 4.69) is 10.3 Å². The third-order valence-corrected chi connectivity index (χ3v) is 5.29. The SMILES string of the molecule is COc1ccc(OC)c(CNC(=O)C[C@@H]2c3ncccc3C(=O)N2c2ccccc2)c1. The zero-order chi connectivity index (χ0) is 21.8. The number of hydrogen-bond donors (Lipinski definition) is 1. The summed E-state index contributed by atoms with van der Waals surface area (Å²) in [7, 11) is 3.17. The van der Waals surface area contributed by atoms with E-state index < -0.39 is 6.04 Å². The number of rotatable bonds is 7. The first-order valence-corrected chi connectivity index (χ1v) is 9.93. The monoisotopic (exact) mass is 417 g/mol. The fourth-order valence-electron chi connectivity index (χ4n) is 3.79. The molecule has 2 heterocycles. The van der Waals surface area contributed by atoms with Gasteiger partial charge in [0, 0.05) is 24.0 Å². The van der Waals surface area contributed by atoms with E-state index in [1.807, 2.05) is 36.4 Å². The van der Waals surface area contributed by atoms with Crippen LogP contribution in [0.2, 0.25) is 0 Å². The second kappa shape index (κ2) is 8.87. The number of nitrogens with zero attached hydrogens (tertiary/aromatic N) is 2. The van der Waals surface area contributed by atoms with E-state index in [-0.39, 0.29) is 24.8 Å². The normalized spacial score (nSPS) is 14.8. The van der Waals surface area contributed by atoms with Crippen LogP contribution in [0.25, 0.3) is 0 Å². The fraction of sp³-hybridized carbons (Fsp3) is 0.208. The molecule has 3 aromatic rings. The molecule has 1 aliphatic rings. The molecule has 4 rings (SSSR count). The third kappa shape index (κ3) is 4.07. The van der Waals surface area contributed by atoms with Crippen LogP contribution in [0.1, 0.15) is 34.1 Å². The minimum atomic E-state index is -0.474. The van der Waals surface area contributed by atoms with Crippen molar-refractivity contribution in [2.24, 2.45) is 0 Å². The molecule has 2 aromatic carbocycles. The van der Waals surface area contributed by atoms with E-state index in [4.69, 9.17) is 9.47 Å². The van der Waals surface area contributed by atoms with Crippen molar-refractivity contribution >= 4 is 17.5 Å². The van der Waals surface area contributed by atoms with E-state index in [9.17, 15) is 9.59 Å². The molecule has 0 saturated carbocycles. The number of ether oxygens (including phenoxy) is 2. The number of pyridine rings is 1. The first-order valence-electron chi connectivity index (χ1n) is 9.93. The first-order chi connectivity index (χ1) is 15.1. The molecule has 0 spiro atoms. The average molecular weight is 417 g/mol. The van der Waals surface area contributed by atoms with E-state index in [1.165, 1.54) is 0 Å². The number of amides is 2. The quantitative estimate of drug-likeness (QED) is 0.636. The Kier molecular flexibility index (Phi) is 5.84. The van der Waals surface area contributed by atoms with Gasteiger partial charge >= 0.3 is 0 Å². The summed E-state index contributed by atoms with van der Waals surface area (Å²) in [4.78, 5) is 32.0. The maximum absolute atomic E-state index is 13.0. The summed E-state index contributed by atoms with van der Waals surface area (Å²) in [6, 6.07) is 17.8. The van der Waals surface area contributed by atoms with Gasteiger partial charge in [-0.05, 0) is 42.5 Å². The lowest BCUT2D eigenvalue weighted by Gasteiger charge is -2.24. The van der Waals surface area contributed by atoms with Crippen LogP contribution in [0.3, 0.4) is 0 Å². The summed E-state index contributed by atoms with van der Waals surface area (Å²) >= 11 is 0. The second-order valence-electron chi connectivity index (χ2n) is 7.12. The summed E-state index contributed by atoms with van der Waals surface area (Å²) in [6.45, 7) is 0.278. The smallest absolute Gasteiger partial charge is 0.260 e. The number of aromatic nitrogens is 1. The van der Waals surface area contributed by atoms with Gasteiger partial charge in [-0.15, -0.1) is 0 Å². The van der Waals surface area contributed by atoms with Crippen molar-refractivity contribution in [3.63, 3.8) is 0 Å². The van der Waals surface area contributed by atoms with Crippen LogP contribution in [0.5, 0.6) is 11.5 Å². The Bertz CT molecular complexity index is 1100. The van der Waals surface area contributed by atoms with Crippen molar-refractivity contribution in [1.29, 1.82) is 0 Å². The number of methoxy groups -OCH3 is 2. The summed E-state index contributed by atoms with van der Waals surface area (Å²) in [5.74, 6) is 0.999. The third-order valence-electron chi connectivity index (χ3n) is 5.29. The summed E-state index contributed by atoms with van der Waals surface area (Å²) in [5, 5.41) is 2.93. The molecule has 0 aliphatic carbocycles. The van der Waals surface area contributed by atoms with Gasteiger partial charge in [-0.1, -0.05) is 18.2 Å². The van der Waals surface area contributed by atoms with Crippen molar-refractivity contribution in [2.45, 2.75) is 19.0 Å². The molecular formula is C24H23N3O4. The van der Waals surface area contributed by atoms with Gasteiger partial charge in [0.25, 0.3) is 5.91 Å². The first kappa shape index (κ1) is 20.4. The molecule has 0 fully saturated rings. The highest BCUT2D eigenvalue weighted by molar-refractivity contribution is 6.11. The number of hydrogen-bond acceptors (Lipinski definition) is 5. The lowest BCUT2D eigenvalue weighted by Crippen LogP contribution is -2.33. The van der Waals surface area contributed by atoms with Crippen LogP contribution in [0, 0.1) is 0 Å². The van der Waals surface area contributed by atoms with E-state index in [0.717, 1.165) is 11.3 Å². The zero-order valence-corrected chi connectivity index (χ0v) is 17.4. The maximum Gasteiger partial charge on any atom is 0.260 e. The molecule has 0 unspecified atom stereocenters. The number of fused-ring (bicyclic) bond motifs is 1. The van der Waals surface area contributed by atoms with Crippen molar-refractivity contribution in [2.75, 3.05) is 19.1 Å². The van der Waals surface area contributed by atoms with Gasteiger partial charge in [-0.3, -0.25) is 19.5 Å². The van der Waals surface area contributed by atoms with Crippen LogP contribution in [-0.4, -0.2) is 31.0 Å². The van der Waals surface area contributed by atoms with E-state index in [0.29, 0.717) is 22.8 Å². The van der Waals surface area contributed by atoms with Gasteiger partial charge in [-0.25, -0.2) is 0 Å². The number of carbonyl (C=O) groups excluding carboxylic acids is 2. The molecule has 7 heteroatoms. The molecule has 0 radical (unpaired) electrons. The molecule has 7 nitrogen and oxygen atoms in total. The van der Waals surface area contributed by atoms with Crippen molar-refractivity contribution in [3.05, 3.63) is 83.7 Å². The van der Waals surface area contributed by atoms with Gasteiger partial charge in [0.15, 0.2) is 0 Å². The molecule has 1 aromatic heterocycles. The predicted octanol–water partition coefficient (Wildman–Crippen LogP) is 3.51. The van der Waals surface area contributed by atoms with Gasteiger partial charge in [0.2, 0.25) is 5.91 Å². The number of anilines is 1. The van der Waals surface area contributed by atoms with Crippen molar-refractivity contribution < 1.29 is 19.1 Å². The van der Waals surface area contributed by atoms with E-state index in [1.54, 1.807) is 49.6 Å². The number of benzene rings is 2. The molecule has 158 valence electrons. The highest BCUT2D eigenvalue weighted by atomic mass is 16.5. The topological polar surface area (TPSA) is 80.8 Å². The largest absolute Gasteiger partial charge is 0.497 e. The molecule has 31 heavy (non-hydrogen) atoms.